The van der Waals surface area contributed by atoms with Crippen molar-refractivity contribution in [3.05, 3.63) is 83.1 Å². The van der Waals surface area contributed by atoms with Crippen LogP contribution in [0.2, 0.25) is 0 Å². The molecule has 2 aromatic rings. The van der Waals surface area contributed by atoms with E-state index in [-0.39, 0.29) is 11.4 Å². The minimum Gasteiger partial charge on any atom is -0.503 e. The third-order valence-electron chi connectivity index (χ3n) is 6.21. The lowest BCUT2D eigenvalue weighted by molar-refractivity contribution is -0.129. The van der Waals surface area contributed by atoms with Crippen molar-refractivity contribution in [3.8, 4) is 5.75 Å². The highest BCUT2D eigenvalue weighted by Crippen LogP contribution is 2.39. The SMILES string of the molecule is CCCOc1cccc(C2C(C(=O)/C=C/c3ccccc3)=C(O)C(=O)N2CCCN(CC)CC)c1. The molecule has 6 heteroatoms. The zero-order chi connectivity index (χ0) is 25.2. The lowest BCUT2D eigenvalue weighted by Crippen LogP contribution is -2.34. The Morgan fingerprint density at radius 1 is 1.09 bits per heavy atom. The normalized spacial score (nSPS) is 16.1. The molecule has 1 heterocycles. The summed E-state index contributed by atoms with van der Waals surface area (Å²) in [7, 11) is 0. The first-order valence-corrected chi connectivity index (χ1v) is 12.5. The van der Waals surface area contributed by atoms with Crippen LogP contribution in [0.4, 0.5) is 0 Å². The molecule has 0 fully saturated rings. The zero-order valence-electron chi connectivity index (χ0n) is 20.9. The van der Waals surface area contributed by atoms with Gasteiger partial charge in [-0.25, -0.2) is 0 Å². The van der Waals surface area contributed by atoms with Gasteiger partial charge in [-0.15, -0.1) is 0 Å². The van der Waals surface area contributed by atoms with Gasteiger partial charge in [0.2, 0.25) is 0 Å². The topological polar surface area (TPSA) is 70.1 Å². The summed E-state index contributed by atoms with van der Waals surface area (Å²) >= 11 is 0. The van der Waals surface area contributed by atoms with Crippen LogP contribution in [-0.2, 0) is 9.59 Å². The fraction of sp³-hybridized carbons (Fsp3) is 0.379. The molecule has 0 aliphatic carbocycles. The lowest BCUT2D eigenvalue weighted by Gasteiger charge is -2.28. The molecule has 0 saturated carbocycles. The average molecular weight is 477 g/mol. The Morgan fingerprint density at radius 3 is 2.51 bits per heavy atom. The number of aliphatic hydroxyl groups is 1. The van der Waals surface area contributed by atoms with E-state index < -0.39 is 17.7 Å². The molecule has 1 aliphatic rings. The highest BCUT2D eigenvalue weighted by atomic mass is 16.5. The van der Waals surface area contributed by atoms with Gasteiger partial charge < -0.3 is 19.6 Å². The first-order chi connectivity index (χ1) is 17.0. The smallest absolute Gasteiger partial charge is 0.290 e. The Labute approximate surface area is 208 Å². The molecule has 0 radical (unpaired) electrons. The van der Waals surface area contributed by atoms with Crippen LogP contribution in [0, 0.1) is 0 Å². The van der Waals surface area contributed by atoms with Crippen molar-refractivity contribution in [2.45, 2.75) is 39.7 Å². The van der Waals surface area contributed by atoms with E-state index in [1.807, 2.05) is 61.5 Å². The van der Waals surface area contributed by atoms with Crippen LogP contribution in [0.15, 0.2) is 72.0 Å². The molecule has 1 aliphatic heterocycles. The molecule has 1 N–H and O–H groups in total. The van der Waals surface area contributed by atoms with Crippen LogP contribution in [0.25, 0.3) is 6.08 Å². The predicted octanol–water partition coefficient (Wildman–Crippen LogP) is 5.19. The predicted molar refractivity (Wildman–Crippen MR) is 139 cm³/mol. The van der Waals surface area contributed by atoms with E-state index in [0.29, 0.717) is 18.9 Å². The van der Waals surface area contributed by atoms with Crippen molar-refractivity contribution in [2.24, 2.45) is 0 Å². The van der Waals surface area contributed by atoms with Gasteiger partial charge in [0.05, 0.1) is 18.2 Å². The van der Waals surface area contributed by atoms with Crippen molar-refractivity contribution in [3.63, 3.8) is 0 Å². The molecular formula is C29H36N2O4. The summed E-state index contributed by atoms with van der Waals surface area (Å²) in [4.78, 5) is 30.4. The van der Waals surface area contributed by atoms with Gasteiger partial charge in [0, 0.05) is 6.54 Å². The number of carbonyl (C=O) groups is 2. The maximum Gasteiger partial charge on any atom is 0.290 e. The van der Waals surface area contributed by atoms with Crippen LogP contribution in [-0.4, -0.2) is 59.4 Å². The van der Waals surface area contributed by atoms with Crippen molar-refractivity contribution in [1.29, 1.82) is 0 Å². The summed E-state index contributed by atoms with van der Waals surface area (Å²) in [5, 5.41) is 10.8. The second-order valence-corrected chi connectivity index (χ2v) is 8.57. The molecule has 1 amide bonds. The lowest BCUT2D eigenvalue weighted by atomic mass is 9.95. The summed E-state index contributed by atoms with van der Waals surface area (Å²) in [6, 6.07) is 16.3. The molecule has 3 rings (SSSR count). The van der Waals surface area contributed by atoms with Gasteiger partial charge in [-0.05, 0) is 61.8 Å². The molecule has 186 valence electrons. The molecule has 1 unspecified atom stereocenters. The Kier molecular flexibility index (Phi) is 9.67. The maximum absolute atomic E-state index is 13.3. The third-order valence-corrected chi connectivity index (χ3v) is 6.21. The van der Waals surface area contributed by atoms with Gasteiger partial charge in [0.1, 0.15) is 5.75 Å². The Balaban J connectivity index is 1.92. The van der Waals surface area contributed by atoms with Crippen molar-refractivity contribution in [2.75, 3.05) is 32.8 Å². The Bertz CT molecular complexity index is 1060. The summed E-state index contributed by atoms with van der Waals surface area (Å²) in [5.41, 5.74) is 1.72. The fourth-order valence-electron chi connectivity index (χ4n) is 4.31. The van der Waals surface area contributed by atoms with Crippen molar-refractivity contribution >= 4 is 17.8 Å². The van der Waals surface area contributed by atoms with Gasteiger partial charge in [-0.3, -0.25) is 9.59 Å². The van der Waals surface area contributed by atoms with E-state index in [4.69, 9.17) is 4.74 Å². The number of carbonyl (C=O) groups excluding carboxylic acids is 2. The molecule has 0 spiro atoms. The quantitative estimate of drug-likeness (QED) is 0.403. The van der Waals surface area contributed by atoms with E-state index in [9.17, 15) is 14.7 Å². The number of hydrogen-bond acceptors (Lipinski definition) is 5. The zero-order valence-corrected chi connectivity index (χ0v) is 20.9. The largest absolute Gasteiger partial charge is 0.503 e. The molecule has 2 aromatic carbocycles. The minimum absolute atomic E-state index is 0.109. The van der Waals surface area contributed by atoms with E-state index in [1.165, 1.54) is 6.08 Å². The number of allylic oxidation sites excluding steroid dienone is 1. The molecule has 35 heavy (non-hydrogen) atoms. The summed E-state index contributed by atoms with van der Waals surface area (Å²) in [6.07, 6.45) is 4.74. The number of rotatable bonds is 13. The Morgan fingerprint density at radius 2 is 1.83 bits per heavy atom. The number of hydrogen-bond donors (Lipinski definition) is 1. The first-order valence-electron chi connectivity index (χ1n) is 12.5. The van der Waals surface area contributed by atoms with Gasteiger partial charge in [0.25, 0.3) is 5.91 Å². The number of aliphatic hydroxyl groups excluding tert-OH is 1. The number of amides is 1. The highest BCUT2D eigenvalue weighted by Gasteiger charge is 2.42. The van der Waals surface area contributed by atoms with E-state index in [2.05, 4.69) is 18.7 Å². The molecule has 0 aromatic heterocycles. The third kappa shape index (κ3) is 6.61. The monoisotopic (exact) mass is 476 g/mol. The maximum atomic E-state index is 13.3. The van der Waals surface area contributed by atoms with E-state index in [0.717, 1.165) is 43.6 Å². The minimum atomic E-state index is -0.669. The number of ketones is 1. The van der Waals surface area contributed by atoms with Crippen LogP contribution < -0.4 is 4.74 Å². The molecular weight excluding hydrogens is 440 g/mol. The van der Waals surface area contributed by atoms with Crippen LogP contribution in [0.5, 0.6) is 5.75 Å². The first kappa shape index (κ1) is 26.2. The second-order valence-electron chi connectivity index (χ2n) is 8.57. The fourth-order valence-corrected chi connectivity index (χ4v) is 4.31. The molecule has 0 saturated heterocycles. The van der Waals surface area contributed by atoms with Crippen molar-refractivity contribution < 1.29 is 19.4 Å². The van der Waals surface area contributed by atoms with Gasteiger partial charge in [0.15, 0.2) is 11.5 Å². The summed E-state index contributed by atoms with van der Waals surface area (Å²) < 4.78 is 5.80. The van der Waals surface area contributed by atoms with Crippen LogP contribution >= 0.6 is 0 Å². The Hall–Kier alpha value is -3.38. The van der Waals surface area contributed by atoms with Gasteiger partial charge >= 0.3 is 0 Å². The number of nitrogens with zero attached hydrogens (tertiary/aromatic N) is 2. The van der Waals surface area contributed by atoms with E-state index in [1.54, 1.807) is 11.0 Å². The molecule has 6 nitrogen and oxygen atoms in total. The van der Waals surface area contributed by atoms with Crippen LogP contribution in [0.1, 0.15) is 50.8 Å². The van der Waals surface area contributed by atoms with Crippen molar-refractivity contribution in [1.82, 2.24) is 9.80 Å². The second kappa shape index (κ2) is 12.9. The standard InChI is InChI=1S/C29H36N2O4/c1-4-20-35-24-15-10-14-23(21-24)27-26(25(32)17-16-22-12-8-7-9-13-22)28(33)29(34)31(27)19-11-18-30(5-2)6-3/h7-10,12-17,21,27,33H,4-6,11,18-20H2,1-3H3/b17-16+. The number of ether oxygens (including phenoxy) is 1. The van der Waals surface area contributed by atoms with E-state index >= 15 is 0 Å². The number of benzene rings is 2. The van der Waals surface area contributed by atoms with Crippen LogP contribution in [0.3, 0.4) is 0 Å². The van der Waals surface area contributed by atoms with Gasteiger partial charge in [-0.1, -0.05) is 69.3 Å². The molecule has 1 atom stereocenters. The average Bonchev–Trinajstić information content (AvgIpc) is 3.14. The summed E-state index contributed by atoms with van der Waals surface area (Å²) in [6.45, 7) is 9.96. The van der Waals surface area contributed by atoms with Gasteiger partial charge in [-0.2, -0.15) is 0 Å². The highest BCUT2D eigenvalue weighted by molar-refractivity contribution is 6.14. The molecule has 0 bridgehead atoms. The summed E-state index contributed by atoms with van der Waals surface area (Å²) in [5.74, 6) is -0.681.